The summed E-state index contributed by atoms with van der Waals surface area (Å²) in [6.45, 7) is -1.77. The van der Waals surface area contributed by atoms with Crippen molar-refractivity contribution in [1.82, 2.24) is 0 Å². The highest BCUT2D eigenvalue weighted by Crippen LogP contribution is 2.60. The first-order valence-electron chi connectivity index (χ1n) is 15.6. The van der Waals surface area contributed by atoms with Gasteiger partial charge in [-0.1, -0.05) is 6.07 Å². The summed E-state index contributed by atoms with van der Waals surface area (Å²) < 4.78 is 44.9. The van der Waals surface area contributed by atoms with E-state index >= 15 is 0 Å². The summed E-state index contributed by atoms with van der Waals surface area (Å²) in [5, 5.41) is 90.3. The van der Waals surface area contributed by atoms with E-state index in [-0.39, 0.29) is 11.5 Å². The van der Waals surface area contributed by atoms with Crippen LogP contribution in [0.15, 0.2) is 36.6 Å². The maximum absolute atomic E-state index is 13.0. The minimum atomic E-state index is -1.70. The first-order chi connectivity index (χ1) is 23.5. The molecule has 0 bridgehead atoms. The molecule has 4 aliphatic heterocycles. The second kappa shape index (κ2) is 14.3. The SMILES string of the molecule is COc1cc(/C=C/C(=O)O[C@H]2[C@@H]3C=CO[C@@H](O[C@@H]4O[C@H](CO)[C@@H](O)[C@H](O)[C@H]4O)[C@@H]3[C@@]3(CO)O[C@@H]23)ccc1O[C@@H]1O[C@H](CO)[C@@H](O)[C@H](O)[C@H]1O. The molecule has 16 atom stereocenters. The lowest BCUT2D eigenvalue weighted by atomic mass is 9.85. The molecule has 18 heteroatoms. The molecule has 4 fully saturated rings. The number of ether oxygens (including phenoxy) is 8. The van der Waals surface area contributed by atoms with Gasteiger partial charge < -0.3 is 83.9 Å². The molecule has 4 heterocycles. The van der Waals surface area contributed by atoms with E-state index in [0.717, 1.165) is 6.08 Å². The summed E-state index contributed by atoms with van der Waals surface area (Å²) in [6.07, 6.45) is -12.4. The maximum Gasteiger partial charge on any atom is 0.331 e. The predicted molar refractivity (Wildman–Crippen MR) is 157 cm³/mol. The van der Waals surface area contributed by atoms with Crippen LogP contribution in [-0.4, -0.2) is 164 Å². The van der Waals surface area contributed by atoms with E-state index in [2.05, 4.69) is 0 Å². The summed E-state index contributed by atoms with van der Waals surface area (Å²) in [4.78, 5) is 13.0. The predicted octanol–water partition coefficient (Wildman–Crippen LogP) is -4.14. The highest BCUT2D eigenvalue weighted by Gasteiger charge is 2.77. The highest BCUT2D eigenvalue weighted by atomic mass is 16.8. The second-order valence-corrected chi connectivity index (χ2v) is 12.4. The van der Waals surface area contributed by atoms with Crippen LogP contribution in [-0.2, 0) is 33.2 Å². The minimum absolute atomic E-state index is 0.0987. The number of methoxy groups -OCH3 is 1. The van der Waals surface area contributed by atoms with Crippen molar-refractivity contribution >= 4 is 12.0 Å². The van der Waals surface area contributed by atoms with Crippen molar-refractivity contribution in [2.75, 3.05) is 26.9 Å². The number of hydrogen-bond acceptors (Lipinski definition) is 18. The lowest BCUT2D eigenvalue weighted by Crippen LogP contribution is -2.60. The summed E-state index contributed by atoms with van der Waals surface area (Å²) in [7, 11) is 1.35. The molecule has 0 aromatic heterocycles. The van der Waals surface area contributed by atoms with Crippen LogP contribution in [0.5, 0.6) is 11.5 Å². The molecule has 6 rings (SSSR count). The Hall–Kier alpha value is -2.95. The Kier molecular flexibility index (Phi) is 10.5. The Morgan fingerprint density at radius 2 is 1.51 bits per heavy atom. The molecule has 1 aromatic carbocycles. The first-order valence-corrected chi connectivity index (χ1v) is 15.6. The van der Waals surface area contributed by atoms with Gasteiger partial charge in [-0.05, 0) is 29.8 Å². The van der Waals surface area contributed by atoms with Crippen LogP contribution in [0.25, 0.3) is 6.08 Å². The van der Waals surface area contributed by atoms with Crippen LogP contribution in [0, 0.1) is 11.8 Å². The smallest absolute Gasteiger partial charge is 0.331 e. The third-order valence-electron chi connectivity index (χ3n) is 9.54. The van der Waals surface area contributed by atoms with Crippen LogP contribution in [0.1, 0.15) is 5.56 Å². The molecule has 0 radical (unpaired) electrons. The van der Waals surface area contributed by atoms with Crippen LogP contribution in [0.4, 0.5) is 0 Å². The van der Waals surface area contributed by atoms with Crippen molar-refractivity contribution in [3.05, 3.63) is 42.2 Å². The molecule has 18 nitrogen and oxygen atoms in total. The maximum atomic E-state index is 13.0. The average molecular weight is 701 g/mol. The molecule has 49 heavy (non-hydrogen) atoms. The van der Waals surface area contributed by atoms with Gasteiger partial charge in [0.05, 0.1) is 39.1 Å². The zero-order chi connectivity index (χ0) is 35.2. The number of aliphatic hydroxyl groups is 9. The average Bonchev–Trinajstić information content (AvgIpc) is 3.79. The van der Waals surface area contributed by atoms with Crippen LogP contribution >= 0.6 is 0 Å². The number of carbonyl (C=O) groups excluding carboxylic acids is 1. The summed E-state index contributed by atoms with van der Waals surface area (Å²) in [5.41, 5.74) is -0.738. The van der Waals surface area contributed by atoms with E-state index in [0.29, 0.717) is 5.56 Å². The summed E-state index contributed by atoms with van der Waals surface area (Å²) in [5.74, 6) is -1.79. The first kappa shape index (κ1) is 35.9. The molecule has 0 amide bonds. The third kappa shape index (κ3) is 6.53. The van der Waals surface area contributed by atoms with Crippen LogP contribution < -0.4 is 9.47 Å². The number of carbonyl (C=O) groups is 1. The van der Waals surface area contributed by atoms with E-state index in [4.69, 9.17) is 37.9 Å². The highest BCUT2D eigenvalue weighted by molar-refractivity contribution is 5.87. The number of aliphatic hydroxyl groups excluding tert-OH is 9. The van der Waals surface area contributed by atoms with Gasteiger partial charge in [0.15, 0.2) is 17.8 Å². The van der Waals surface area contributed by atoms with Gasteiger partial charge in [0, 0.05) is 12.0 Å². The Balaban J connectivity index is 1.11. The summed E-state index contributed by atoms with van der Waals surface area (Å²) in [6, 6.07) is 4.53. The van der Waals surface area contributed by atoms with Crippen molar-refractivity contribution in [2.24, 2.45) is 11.8 Å². The molecule has 9 N–H and O–H groups in total. The topological polar surface area (TPSA) is 276 Å². The second-order valence-electron chi connectivity index (χ2n) is 12.4. The molecule has 1 aromatic rings. The Morgan fingerprint density at radius 3 is 2.14 bits per heavy atom. The fourth-order valence-corrected chi connectivity index (χ4v) is 6.80. The van der Waals surface area contributed by atoms with Crippen LogP contribution in [0.2, 0.25) is 0 Å². The number of fused-ring (bicyclic) bond motifs is 3. The Morgan fingerprint density at radius 1 is 0.857 bits per heavy atom. The minimum Gasteiger partial charge on any atom is -0.493 e. The molecule has 3 saturated heterocycles. The van der Waals surface area contributed by atoms with Gasteiger partial charge in [0.25, 0.3) is 0 Å². The van der Waals surface area contributed by atoms with Gasteiger partial charge in [-0.3, -0.25) is 0 Å². The van der Waals surface area contributed by atoms with Crippen molar-refractivity contribution in [3.8, 4) is 11.5 Å². The molecule has 5 aliphatic rings. The molecule has 0 spiro atoms. The number of hydrogen-bond donors (Lipinski definition) is 9. The van der Waals surface area contributed by atoms with E-state index in [1.165, 1.54) is 31.6 Å². The van der Waals surface area contributed by atoms with Gasteiger partial charge in [0.1, 0.15) is 66.6 Å². The molecule has 0 unspecified atom stereocenters. The fourth-order valence-electron chi connectivity index (χ4n) is 6.80. The zero-order valence-corrected chi connectivity index (χ0v) is 26.0. The standard InChI is InChI=1S/C31H40O18/c1-42-15-8-12(2-4-14(15)44-29-24(40)22(38)20(36)16(9-32)45-29)3-5-18(35)47-26-13-6-7-43-28(19(13)31(11-34)27(26)49-31)48-30-25(41)23(39)21(37)17(10-33)46-30/h2-8,13,16-17,19-30,32-34,36-41H,9-11H2,1H3/b5-3+/t13-,16-,17-,19-,20-,21-,22+,23+,24-,25-,26+,27+,28+,29-,30+,31-/m1/s1. The van der Waals surface area contributed by atoms with Gasteiger partial charge in [-0.2, -0.15) is 0 Å². The van der Waals surface area contributed by atoms with Crippen molar-refractivity contribution < 1.29 is 88.6 Å². The van der Waals surface area contributed by atoms with E-state index in [1.54, 1.807) is 12.1 Å². The van der Waals surface area contributed by atoms with Crippen molar-refractivity contribution in [1.29, 1.82) is 0 Å². The fraction of sp³-hybridized carbons (Fsp3) is 0.645. The molecular weight excluding hydrogens is 660 g/mol. The number of epoxide rings is 1. The van der Waals surface area contributed by atoms with E-state index in [9.17, 15) is 50.8 Å². The molecule has 272 valence electrons. The number of esters is 1. The molecular formula is C31H40O18. The van der Waals surface area contributed by atoms with Crippen LogP contribution in [0.3, 0.4) is 0 Å². The third-order valence-corrected chi connectivity index (χ3v) is 9.54. The van der Waals surface area contributed by atoms with Crippen molar-refractivity contribution in [2.45, 2.75) is 85.5 Å². The van der Waals surface area contributed by atoms with Gasteiger partial charge >= 0.3 is 5.97 Å². The normalized spacial score (nSPS) is 44.2. The Labute approximate surface area is 278 Å². The van der Waals surface area contributed by atoms with E-state index in [1.807, 2.05) is 0 Å². The largest absolute Gasteiger partial charge is 0.493 e. The molecule has 1 aliphatic carbocycles. The number of rotatable bonds is 11. The molecule has 1 saturated carbocycles. The Bertz CT molecular complexity index is 1390. The van der Waals surface area contributed by atoms with E-state index < -0.39 is 123 Å². The lowest BCUT2D eigenvalue weighted by Gasteiger charge is -2.43. The zero-order valence-electron chi connectivity index (χ0n) is 26.0. The quantitative estimate of drug-likeness (QED) is 0.0602. The van der Waals surface area contributed by atoms with Gasteiger partial charge in [-0.15, -0.1) is 0 Å². The lowest BCUT2D eigenvalue weighted by molar-refractivity contribution is -0.344. The number of benzene rings is 1. The van der Waals surface area contributed by atoms with Crippen molar-refractivity contribution in [3.63, 3.8) is 0 Å². The van der Waals surface area contributed by atoms with Gasteiger partial charge in [-0.25, -0.2) is 4.79 Å². The monoisotopic (exact) mass is 700 g/mol. The summed E-state index contributed by atoms with van der Waals surface area (Å²) >= 11 is 0. The van der Waals surface area contributed by atoms with Gasteiger partial charge in [0.2, 0.25) is 12.6 Å².